The summed E-state index contributed by atoms with van der Waals surface area (Å²) in [6, 6.07) is 0. The molecule has 2 rings (SSSR count). The topological polar surface area (TPSA) is 63.8 Å². The normalized spacial score (nSPS) is 16.4. The van der Waals surface area contributed by atoms with Gasteiger partial charge in [-0.25, -0.2) is 4.98 Å². The van der Waals surface area contributed by atoms with E-state index in [1.807, 2.05) is 0 Å². The molecule has 0 aliphatic heterocycles. The molecule has 1 aliphatic rings. The fraction of sp³-hybridized carbons (Fsp3) is 0.556. The van der Waals surface area contributed by atoms with E-state index in [4.69, 9.17) is 17.3 Å². The summed E-state index contributed by atoms with van der Waals surface area (Å²) in [5.74, 6) is 1.42. The molecule has 0 bridgehead atoms. The Morgan fingerprint density at radius 1 is 1.57 bits per heavy atom. The van der Waals surface area contributed by atoms with E-state index < -0.39 is 0 Å². The van der Waals surface area contributed by atoms with Crippen molar-refractivity contribution in [2.75, 3.05) is 17.6 Å². The molecule has 14 heavy (non-hydrogen) atoms. The second kappa shape index (κ2) is 4.00. The smallest absolute Gasteiger partial charge is 0.224 e. The maximum Gasteiger partial charge on any atom is 0.224 e. The molecule has 1 heterocycles. The van der Waals surface area contributed by atoms with E-state index in [9.17, 15) is 0 Å². The molecule has 1 aromatic rings. The van der Waals surface area contributed by atoms with E-state index in [0.29, 0.717) is 11.5 Å². The zero-order valence-corrected chi connectivity index (χ0v) is 8.59. The number of nitrogens with two attached hydrogens (primary N) is 1. The summed E-state index contributed by atoms with van der Waals surface area (Å²) in [7, 11) is 0. The van der Waals surface area contributed by atoms with Crippen molar-refractivity contribution >= 4 is 23.1 Å². The zero-order valence-electron chi connectivity index (χ0n) is 7.83. The molecule has 3 N–H and O–H groups in total. The van der Waals surface area contributed by atoms with Gasteiger partial charge in [-0.2, -0.15) is 4.98 Å². The van der Waals surface area contributed by atoms with Gasteiger partial charge in [0.25, 0.3) is 0 Å². The van der Waals surface area contributed by atoms with Crippen molar-refractivity contribution < 1.29 is 0 Å². The van der Waals surface area contributed by atoms with Crippen LogP contribution in [0.2, 0.25) is 5.28 Å². The Hall–Kier alpha value is -1.03. The van der Waals surface area contributed by atoms with Crippen LogP contribution in [-0.2, 0) is 0 Å². The first-order valence-corrected chi connectivity index (χ1v) is 5.15. The Balaban J connectivity index is 1.96. The van der Waals surface area contributed by atoms with Gasteiger partial charge in [0.2, 0.25) is 5.28 Å². The summed E-state index contributed by atoms with van der Waals surface area (Å²) in [5.41, 5.74) is 6.24. The molecule has 0 atom stereocenters. The van der Waals surface area contributed by atoms with Crippen molar-refractivity contribution in [1.29, 1.82) is 0 Å². The third-order valence-electron chi connectivity index (χ3n) is 2.57. The van der Waals surface area contributed by atoms with Crippen molar-refractivity contribution in [2.45, 2.75) is 19.3 Å². The highest BCUT2D eigenvalue weighted by Gasteiger charge is 2.17. The lowest BCUT2D eigenvalue weighted by molar-refractivity contribution is 0.333. The lowest BCUT2D eigenvalue weighted by Crippen LogP contribution is -2.21. The molecular formula is C9H13ClN4. The highest BCUT2D eigenvalue weighted by Crippen LogP contribution is 2.27. The van der Waals surface area contributed by atoms with Crippen LogP contribution in [0.5, 0.6) is 0 Å². The van der Waals surface area contributed by atoms with Gasteiger partial charge in [-0.05, 0) is 30.4 Å². The number of hydrogen-bond donors (Lipinski definition) is 2. The van der Waals surface area contributed by atoms with Crippen LogP contribution >= 0.6 is 11.6 Å². The van der Waals surface area contributed by atoms with Crippen LogP contribution in [0.1, 0.15) is 19.3 Å². The molecule has 76 valence electrons. The minimum Gasteiger partial charge on any atom is -0.394 e. The first-order valence-electron chi connectivity index (χ1n) is 4.77. The summed E-state index contributed by atoms with van der Waals surface area (Å²) in [6.45, 7) is 0.928. The van der Waals surface area contributed by atoms with Crippen LogP contribution in [0.15, 0.2) is 6.20 Å². The maximum absolute atomic E-state index is 5.69. The van der Waals surface area contributed by atoms with Crippen LogP contribution in [0.4, 0.5) is 11.5 Å². The average Bonchev–Trinajstić information content (AvgIpc) is 2.08. The van der Waals surface area contributed by atoms with Gasteiger partial charge in [0.1, 0.15) is 0 Å². The Bertz CT molecular complexity index is 325. The van der Waals surface area contributed by atoms with Crippen molar-refractivity contribution in [1.82, 2.24) is 9.97 Å². The zero-order chi connectivity index (χ0) is 9.97. The van der Waals surface area contributed by atoms with E-state index in [1.54, 1.807) is 0 Å². The molecular weight excluding hydrogens is 200 g/mol. The monoisotopic (exact) mass is 212 g/mol. The predicted octanol–water partition coefficient (Wildman–Crippen LogP) is 1.92. The molecule has 0 unspecified atom stereocenters. The minimum absolute atomic E-state index is 0.232. The van der Waals surface area contributed by atoms with Gasteiger partial charge in [0, 0.05) is 6.54 Å². The first-order chi connectivity index (χ1) is 6.75. The predicted molar refractivity (Wildman–Crippen MR) is 57.3 cm³/mol. The molecule has 0 spiro atoms. The third kappa shape index (κ3) is 2.07. The number of halogens is 1. The third-order valence-corrected chi connectivity index (χ3v) is 2.75. The van der Waals surface area contributed by atoms with Gasteiger partial charge >= 0.3 is 0 Å². The van der Waals surface area contributed by atoms with E-state index in [2.05, 4.69) is 15.3 Å². The highest BCUT2D eigenvalue weighted by molar-refractivity contribution is 6.28. The maximum atomic E-state index is 5.69. The second-order valence-electron chi connectivity index (χ2n) is 3.62. The van der Waals surface area contributed by atoms with Gasteiger partial charge in [-0.15, -0.1) is 0 Å². The molecule has 0 radical (unpaired) electrons. The standard InChI is InChI=1S/C9H13ClN4/c10-9-13-5-7(11)8(14-9)12-4-6-2-1-3-6/h5-6H,1-4,11H2,(H,12,13,14). The van der Waals surface area contributed by atoms with Crippen molar-refractivity contribution in [3.63, 3.8) is 0 Å². The van der Waals surface area contributed by atoms with Crippen LogP contribution in [0.25, 0.3) is 0 Å². The number of hydrogen-bond acceptors (Lipinski definition) is 4. The van der Waals surface area contributed by atoms with Crippen LogP contribution in [-0.4, -0.2) is 16.5 Å². The molecule has 1 saturated carbocycles. The van der Waals surface area contributed by atoms with Crippen molar-refractivity contribution in [2.24, 2.45) is 5.92 Å². The largest absolute Gasteiger partial charge is 0.394 e. The Labute approximate surface area is 87.9 Å². The Morgan fingerprint density at radius 3 is 3.00 bits per heavy atom. The summed E-state index contributed by atoms with van der Waals surface area (Å²) in [4.78, 5) is 7.81. The van der Waals surface area contributed by atoms with Gasteiger partial charge < -0.3 is 11.1 Å². The lowest BCUT2D eigenvalue weighted by atomic mass is 9.85. The summed E-state index contributed by atoms with van der Waals surface area (Å²) < 4.78 is 0. The van der Waals surface area contributed by atoms with Crippen LogP contribution in [0, 0.1) is 5.92 Å². The van der Waals surface area contributed by atoms with E-state index in [1.165, 1.54) is 25.5 Å². The average molecular weight is 213 g/mol. The number of anilines is 2. The number of aromatic nitrogens is 2. The molecule has 1 fully saturated rings. The number of nitrogens with one attached hydrogen (secondary N) is 1. The molecule has 1 aromatic heterocycles. The SMILES string of the molecule is Nc1cnc(Cl)nc1NCC1CCC1. The van der Waals surface area contributed by atoms with Gasteiger partial charge in [-0.1, -0.05) is 6.42 Å². The number of rotatable bonds is 3. The molecule has 4 nitrogen and oxygen atoms in total. The fourth-order valence-electron chi connectivity index (χ4n) is 1.45. The summed E-state index contributed by atoms with van der Waals surface area (Å²) >= 11 is 5.66. The fourth-order valence-corrected chi connectivity index (χ4v) is 1.58. The summed E-state index contributed by atoms with van der Waals surface area (Å²) in [6.07, 6.45) is 5.46. The Morgan fingerprint density at radius 2 is 2.36 bits per heavy atom. The molecule has 0 aromatic carbocycles. The van der Waals surface area contributed by atoms with Crippen molar-refractivity contribution in [3.05, 3.63) is 11.5 Å². The molecule has 5 heteroatoms. The van der Waals surface area contributed by atoms with Crippen LogP contribution < -0.4 is 11.1 Å². The Kier molecular flexibility index (Phi) is 2.72. The van der Waals surface area contributed by atoms with E-state index in [-0.39, 0.29) is 5.28 Å². The first kappa shape index (κ1) is 9.52. The van der Waals surface area contributed by atoms with Gasteiger partial charge in [0.15, 0.2) is 5.82 Å². The number of nitrogen functional groups attached to an aromatic ring is 1. The van der Waals surface area contributed by atoms with Crippen LogP contribution in [0.3, 0.4) is 0 Å². The van der Waals surface area contributed by atoms with E-state index >= 15 is 0 Å². The van der Waals surface area contributed by atoms with E-state index in [0.717, 1.165) is 12.5 Å². The highest BCUT2D eigenvalue weighted by atomic mass is 35.5. The minimum atomic E-state index is 0.232. The molecule has 0 amide bonds. The quantitative estimate of drug-likeness (QED) is 0.752. The van der Waals surface area contributed by atoms with Gasteiger partial charge in [0.05, 0.1) is 11.9 Å². The van der Waals surface area contributed by atoms with Crippen molar-refractivity contribution in [3.8, 4) is 0 Å². The van der Waals surface area contributed by atoms with Gasteiger partial charge in [-0.3, -0.25) is 0 Å². The summed E-state index contributed by atoms with van der Waals surface area (Å²) in [5, 5.41) is 3.43. The molecule has 1 aliphatic carbocycles. The second-order valence-corrected chi connectivity index (χ2v) is 3.96. The number of nitrogens with zero attached hydrogens (tertiary/aromatic N) is 2. The lowest BCUT2D eigenvalue weighted by Gasteiger charge is -2.25. The molecule has 0 saturated heterocycles.